The number of sulfonamides is 1. The molecule has 10 heteroatoms. The maximum atomic E-state index is 13.4. The summed E-state index contributed by atoms with van der Waals surface area (Å²) in [7, 11) is -2.25. The van der Waals surface area contributed by atoms with Gasteiger partial charge in [0.25, 0.3) is 0 Å². The van der Waals surface area contributed by atoms with Crippen LogP contribution in [0.5, 0.6) is 11.5 Å². The number of carbonyl (C=O) groups excluding carboxylic acids is 1. The fraction of sp³-hybridized carbons (Fsp3) is 0.409. The van der Waals surface area contributed by atoms with Crippen molar-refractivity contribution in [1.29, 1.82) is 0 Å². The minimum atomic E-state index is -3.75. The normalized spacial score (nSPS) is 22.0. The smallest absolute Gasteiger partial charge is 0.387 e. The maximum absolute atomic E-state index is 13.4. The molecule has 32 heavy (non-hydrogen) atoms. The molecular formula is C22H24F2N2O5S. The summed E-state index contributed by atoms with van der Waals surface area (Å²) >= 11 is 0. The standard InChI is InChI=1S/C22H24F2N2O5S/c1-30-17-7-9-19(10-8-17)32(28,29)25-13-2-11-22(15-25)12-14-26(20(22)27)16-3-5-18(6-4-16)31-21(23)24/h3-10,21H,2,11-15H2,1H3. The Balaban J connectivity index is 1.52. The maximum Gasteiger partial charge on any atom is 0.387 e. The SMILES string of the molecule is COc1ccc(S(=O)(=O)N2CCCC3(CCN(c4ccc(OC(F)F)cc4)C3=O)C2)cc1. The Labute approximate surface area is 185 Å². The third-order valence-corrected chi connectivity index (χ3v) is 7.98. The lowest BCUT2D eigenvalue weighted by Gasteiger charge is -2.38. The molecule has 1 unspecified atom stereocenters. The summed E-state index contributed by atoms with van der Waals surface area (Å²) in [5.74, 6) is 0.430. The van der Waals surface area contributed by atoms with Crippen LogP contribution in [0.4, 0.5) is 14.5 Å². The molecule has 0 bridgehead atoms. The van der Waals surface area contributed by atoms with Crippen LogP contribution < -0.4 is 14.4 Å². The highest BCUT2D eigenvalue weighted by atomic mass is 32.2. The Bertz CT molecular complexity index is 1080. The van der Waals surface area contributed by atoms with Gasteiger partial charge in [-0.15, -0.1) is 0 Å². The predicted octanol–water partition coefficient (Wildman–Crippen LogP) is 3.50. The van der Waals surface area contributed by atoms with E-state index >= 15 is 0 Å². The van der Waals surface area contributed by atoms with E-state index in [4.69, 9.17) is 4.74 Å². The molecule has 172 valence electrons. The lowest BCUT2D eigenvalue weighted by atomic mass is 9.79. The summed E-state index contributed by atoms with van der Waals surface area (Å²) in [6, 6.07) is 12.1. The Morgan fingerprint density at radius 2 is 1.62 bits per heavy atom. The van der Waals surface area contributed by atoms with Crippen molar-refractivity contribution in [2.75, 3.05) is 31.6 Å². The summed E-state index contributed by atoms with van der Waals surface area (Å²) in [4.78, 5) is 15.1. The highest BCUT2D eigenvalue weighted by Crippen LogP contribution is 2.43. The molecular weight excluding hydrogens is 442 g/mol. The number of anilines is 1. The second-order valence-electron chi connectivity index (χ2n) is 7.98. The number of halogens is 2. The first-order valence-electron chi connectivity index (χ1n) is 10.3. The first kappa shape index (κ1) is 22.5. The predicted molar refractivity (Wildman–Crippen MR) is 113 cm³/mol. The van der Waals surface area contributed by atoms with E-state index in [1.54, 1.807) is 29.2 Å². The fourth-order valence-electron chi connectivity index (χ4n) is 4.44. The van der Waals surface area contributed by atoms with Gasteiger partial charge >= 0.3 is 6.61 Å². The molecule has 0 aliphatic carbocycles. The van der Waals surface area contributed by atoms with Crippen LogP contribution in [-0.2, 0) is 14.8 Å². The summed E-state index contributed by atoms with van der Waals surface area (Å²) in [6.45, 7) is -2.02. The highest BCUT2D eigenvalue weighted by molar-refractivity contribution is 7.89. The highest BCUT2D eigenvalue weighted by Gasteiger charge is 2.51. The molecule has 0 radical (unpaired) electrons. The minimum Gasteiger partial charge on any atom is -0.497 e. The molecule has 2 aromatic carbocycles. The average molecular weight is 467 g/mol. The van der Waals surface area contributed by atoms with Crippen LogP contribution in [0.25, 0.3) is 0 Å². The van der Waals surface area contributed by atoms with Crippen LogP contribution in [-0.4, -0.2) is 52.0 Å². The molecule has 2 saturated heterocycles. The summed E-state index contributed by atoms with van der Waals surface area (Å²) in [6.07, 6.45) is 1.70. The minimum absolute atomic E-state index is 0.0135. The van der Waals surface area contributed by atoms with Crippen LogP contribution in [0.15, 0.2) is 53.4 Å². The molecule has 0 saturated carbocycles. The van der Waals surface area contributed by atoms with Gasteiger partial charge in [0, 0.05) is 25.3 Å². The number of piperidine rings is 1. The number of alkyl halides is 2. The topological polar surface area (TPSA) is 76.2 Å². The third kappa shape index (κ3) is 4.16. The number of nitrogens with zero attached hydrogens (tertiary/aromatic N) is 2. The Hall–Kier alpha value is -2.72. The third-order valence-electron chi connectivity index (χ3n) is 6.13. The molecule has 1 atom stereocenters. The van der Waals surface area contributed by atoms with Crippen molar-refractivity contribution in [2.24, 2.45) is 5.41 Å². The van der Waals surface area contributed by atoms with Crippen molar-refractivity contribution < 1.29 is 31.5 Å². The van der Waals surface area contributed by atoms with Gasteiger partial charge in [-0.1, -0.05) is 0 Å². The monoisotopic (exact) mass is 466 g/mol. The van der Waals surface area contributed by atoms with E-state index in [1.807, 2.05) is 0 Å². The molecule has 7 nitrogen and oxygen atoms in total. The van der Waals surface area contributed by atoms with Gasteiger partial charge in [-0.05, 0) is 67.8 Å². The molecule has 2 aliphatic heterocycles. The zero-order valence-corrected chi connectivity index (χ0v) is 18.4. The number of benzene rings is 2. The summed E-state index contributed by atoms with van der Waals surface area (Å²) in [5.41, 5.74) is -0.223. The van der Waals surface area contributed by atoms with Crippen molar-refractivity contribution in [1.82, 2.24) is 4.31 Å². The molecule has 4 rings (SSSR count). The van der Waals surface area contributed by atoms with Crippen molar-refractivity contribution in [3.05, 3.63) is 48.5 Å². The zero-order valence-electron chi connectivity index (χ0n) is 17.5. The van der Waals surface area contributed by atoms with Gasteiger partial charge in [0.1, 0.15) is 11.5 Å². The number of amides is 1. The van der Waals surface area contributed by atoms with Gasteiger partial charge in [-0.25, -0.2) is 8.42 Å². The number of carbonyl (C=O) groups is 1. The Kier molecular flexibility index (Phi) is 6.09. The number of hydrogen-bond acceptors (Lipinski definition) is 5. The van der Waals surface area contributed by atoms with Gasteiger partial charge in [-0.2, -0.15) is 13.1 Å². The van der Waals surface area contributed by atoms with Crippen molar-refractivity contribution >= 4 is 21.6 Å². The van der Waals surface area contributed by atoms with Crippen LogP contribution >= 0.6 is 0 Å². The molecule has 1 amide bonds. The fourth-order valence-corrected chi connectivity index (χ4v) is 6.01. The largest absolute Gasteiger partial charge is 0.497 e. The molecule has 2 heterocycles. The van der Waals surface area contributed by atoms with Crippen LogP contribution in [0, 0.1) is 5.41 Å². The molecule has 2 aromatic rings. The summed E-state index contributed by atoms with van der Waals surface area (Å²) in [5, 5.41) is 0. The van der Waals surface area contributed by atoms with Gasteiger partial charge in [0.15, 0.2) is 0 Å². The molecule has 0 aromatic heterocycles. The molecule has 2 fully saturated rings. The van der Waals surface area contributed by atoms with Gasteiger partial charge in [0.05, 0.1) is 17.4 Å². The van der Waals surface area contributed by atoms with Crippen molar-refractivity contribution in [2.45, 2.75) is 30.8 Å². The van der Waals surface area contributed by atoms with Gasteiger partial charge in [-0.3, -0.25) is 4.79 Å². The first-order valence-corrected chi connectivity index (χ1v) is 11.7. The molecule has 1 spiro atoms. The van der Waals surface area contributed by atoms with Crippen LogP contribution in [0.3, 0.4) is 0 Å². The van der Waals surface area contributed by atoms with E-state index in [0.717, 1.165) is 0 Å². The van der Waals surface area contributed by atoms with E-state index in [0.29, 0.717) is 43.8 Å². The summed E-state index contributed by atoms with van der Waals surface area (Å²) < 4.78 is 62.0. The van der Waals surface area contributed by atoms with E-state index in [-0.39, 0.29) is 23.1 Å². The quantitative estimate of drug-likeness (QED) is 0.651. The lowest BCUT2D eigenvalue weighted by Crippen LogP contribution is -2.49. The average Bonchev–Trinajstić information content (AvgIpc) is 3.09. The van der Waals surface area contributed by atoms with Gasteiger partial charge < -0.3 is 14.4 Å². The second kappa shape index (κ2) is 8.67. The van der Waals surface area contributed by atoms with E-state index in [9.17, 15) is 22.0 Å². The second-order valence-corrected chi connectivity index (χ2v) is 9.92. The number of rotatable bonds is 6. The van der Waals surface area contributed by atoms with Crippen molar-refractivity contribution in [3.63, 3.8) is 0 Å². The van der Waals surface area contributed by atoms with Crippen molar-refractivity contribution in [3.8, 4) is 11.5 Å². The Morgan fingerprint density at radius 1 is 0.969 bits per heavy atom. The lowest BCUT2D eigenvalue weighted by molar-refractivity contribution is -0.127. The van der Waals surface area contributed by atoms with E-state index in [2.05, 4.69) is 4.74 Å². The van der Waals surface area contributed by atoms with Crippen LogP contribution in [0.2, 0.25) is 0 Å². The first-order chi connectivity index (χ1) is 15.2. The van der Waals surface area contributed by atoms with E-state index in [1.165, 1.54) is 35.7 Å². The number of hydrogen-bond donors (Lipinski definition) is 0. The van der Waals surface area contributed by atoms with Crippen LogP contribution in [0.1, 0.15) is 19.3 Å². The zero-order chi connectivity index (χ0) is 22.9. The van der Waals surface area contributed by atoms with Gasteiger partial charge in [0.2, 0.25) is 15.9 Å². The molecule has 0 N–H and O–H groups in total. The number of methoxy groups -OCH3 is 1. The number of ether oxygens (including phenoxy) is 2. The Morgan fingerprint density at radius 3 is 2.25 bits per heavy atom. The molecule has 2 aliphatic rings. The van der Waals surface area contributed by atoms with E-state index < -0.39 is 22.0 Å².